The number of esters is 4. The van der Waals surface area contributed by atoms with Crippen molar-refractivity contribution in [2.24, 2.45) is 0 Å². The van der Waals surface area contributed by atoms with E-state index in [4.69, 9.17) is 18.9 Å². The number of rotatable bonds is 7. The minimum atomic E-state index is -1.66. The molecule has 1 heterocycles. The van der Waals surface area contributed by atoms with Gasteiger partial charge in [0.1, 0.15) is 11.3 Å². The van der Waals surface area contributed by atoms with Crippen molar-refractivity contribution < 1.29 is 43.0 Å². The SMILES string of the molecule is COC(=O)C1=C(C(=O)OC)N(c2ccc([N+](=O)[O-])cc2)C(C(=O)OC)C(C(=O)OC)=C1NC(C)(C)C. The second-order valence-electron chi connectivity index (χ2n) is 8.43. The molecule has 1 aromatic carbocycles. The second-order valence-corrected chi connectivity index (χ2v) is 8.43. The largest absolute Gasteiger partial charge is 0.467 e. The lowest BCUT2D eigenvalue weighted by molar-refractivity contribution is -0.384. The summed E-state index contributed by atoms with van der Waals surface area (Å²) in [6, 6.07) is 3.07. The van der Waals surface area contributed by atoms with Crippen molar-refractivity contribution in [3.8, 4) is 0 Å². The number of ether oxygens (including phenoxy) is 4. The monoisotopic (exact) mass is 505 g/mol. The Labute approximate surface area is 206 Å². The number of nitrogens with zero attached hydrogens (tertiary/aromatic N) is 2. The molecule has 0 aliphatic carbocycles. The molecule has 2 rings (SSSR count). The average Bonchev–Trinajstić information content (AvgIpc) is 2.84. The molecule has 13 nitrogen and oxygen atoms in total. The Hall–Kier alpha value is -4.42. The molecule has 0 saturated heterocycles. The highest BCUT2D eigenvalue weighted by atomic mass is 16.6. The van der Waals surface area contributed by atoms with Gasteiger partial charge in [-0.2, -0.15) is 0 Å². The smallest absolute Gasteiger partial charge is 0.355 e. The molecule has 36 heavy (non-hydrogen) atoms. The molecule has 13 heteroatoms. The molecule has 0 aromatic heterocycles. The van der Waals surface area contributed by atoms with Crippen LogP contribution >= 0.6 is 0 Å². The zero-order chi connectivity index (χ0) is 27.4. The highest BCUT2D eigenvalue weighted by Crippen LogP contribution is 2.38. The first kappa shape index (κ1) is 27.8. The van der Waals surface area contributed by atoms with Crippen LogP contribution in [0.2, 0.25) is 0 Å². The number of carbonyl (C=O) groups excluding carboxylic acids is 4. The maximum atomic E-state index is 13.1. The van der Waals surface area contributed by atoms with Gasteiger partial charge in [-0.25, -0.2) is 19.2 Å². The highest BCUT2D eigenvalue weighted by molar-refractivity contribution is 6.13. The van der Waals surface area contributed by atoms with E-state index in [1.165, 1.54) is 12.1 Å². The van der Waals surface area contributed by atoms with Gasteiger partial charge in [-0.1, -0.05) is 0 Å². The minimum absolute atomic E-state index is 0.0361. The van der Waals surface area contributed by atoms with E-state index < -0.39 is 51.7 Å². The predicted octanol–water partition coefficient (Wildman–Crippen LogP) is 1.37. The van der Waals surface area contributed by atoms with Crippen LogP contribution in [0.15, 0.2) is 46.8 Å². The van der Waals surface area contributed by atoms with Crippen LogP contribution in [-0.2, 0) is 38.1 Å². The summed E-state index contributed by atoms with van der Waals surface area (Å²) in [4.78, 5) is 63.9. The van der Waals surface area contributed by atoms with E-state index in [0.717, 1.165) is 45.5 Å². The Kier molecular flexibility index (Phi) is 8.41. The van der Waals surface area contributed by atoms with E-state index in [0.29, 0.717) is 0 Å². The van der Waals surface area contributed by atoms with Crippen molar-refractivity contribution in [1.29, 1.82) is 0 Å². The molecule has 1 aliphatic rings. The zero-order valence-corrected chi connectivity index (χ0v) is 20.9. The normalized spacial score (nSPS) is 15.8. The summed E-state index contributed by atoms with van der Waals surface area (Å²) in [5.74, 6) is -4.08. The predicted molar refractivity (Wildman–Crippen MR) is 124 cm³/mol. The molecule has 0 fully saturated rings. The highest BCUT2D eigenvalue weighted by Gasteiger charge is 2.49. The van der Waals surface area contributed by atoms with Crippen LogP contribution in [0.25, 0.3) is 0 Å². The third-order valence-electron chi connectivity index (χ3n) is 4.97. The third-order valence-corrected chi connectivity index (χ3v) is 4.97. The number of methoxy groups -OCH3 is 4. The van der Waals surface area contributed by atoms with E-state index in [9.17, 15) is 29.3 Å². The molecule has 0 radical (unpaired) electrons. The lowest BCUT2D eigenvalue weighted by Gasteiger charge is -2.40. The van der Waals surface area contributed by atoms with Crippen molar-refractivity contribution in [3.63, 3.8) is 0 Å². The molecule has 1 atom stereocenters. The molecule has 1 aromatic rings. The Morgan fingerprint density at radius 2 is 1.42 bits per heavy atom. The Bertz CT molecular complexity index is 1150. The van der Waals surface area contributed by atoms with Gasteiger partial charge in [0, 0.05) is 23.4 Å². The van der Waals surface area contributed by atoms with Gasteiger partial charge in [0.2, 0.25) is 0 Å². The summed E-state index contributed by atoms with van der Waals surface area (Å²) in [5.41, 5.74) is -2.47. The van der Waals surface area contributed by atoms with Crippen molar-refractivity contribution in [1.82, 2.24) is 5.32 Å². The number of hydrogen-bond donors (Lipinski definition) is 1. The van der Waals surface area contributed by atoms with Crippen molar-refractivity contribution >= 4 is 35.3 Å². The van der Waals surface area contributed by atoms with Crippen LogP contribution in [0.1, 0.15) is 20.8 Å². The van der Waals surface area contributed by atoms with E-state index in [-0.39, 0.29) is 22.6 Å². The van der Waals surface area contributed by atoms with Crippen molar-refractivity contribution in [2.75, 3.05) is 33.3 Å². The van der Waals surface area contributed by atoms with Crippen LogP contribution in [0, 0.1) is 10.1 Å². The number of nitro benzene ring substituents is 1. The summed E-state index contributed by atoms with van der Waals surface area (Å²) in [6.07, 6.45) is 0. The topological polar surface area (TPSA) is 164 Å². The zero-order valence-electron chi connectivity index (χ0n) is 20.9. The third kappa shape index (κ3) is 5.45. The number of carbonyl (C=O) groups is 4. The summed E-state index contributed by atoms with van der Waals surface area (Å²) in [6.45, 7) is 5.16. The van der Waals surface area contributed by atoms with Crippen LogP contribution < -0.4 is 10.2 Å². The van der Waals surface area contributed by atoms with Crippen LogP contribution in [0.5, 0.6) is 0 Å². The molecule has 1 N–H and O–H groups in total. The Morgan fingerprint density at radius 1 is 0.889 bits per heavy atom. The maximum absolute atomic E-state index is 13.1. The Balaban J connectivity index is 3.12. The fourth-order valence-electron chi connectivity index (χ4n) is 3.54. The molecular weight excluding hydrogens is 478 g/mol. The average molecular weight is 505 g/mol. The lowest BCUT2D eigenvalue weighted by atomic mass is 9.89. The van der Waals surface area contributed by atoms with E-state index in [1.807, 2.05) is 0 Å². The molecule has 0 spiro atoms. The molecule has 0 amide bonds. The summed E-state index contributed by atoms with van der Waals surface area (Å²) in [7, 11) is 4.27. The number of nitrogens with one attached hydrogen (secondary N) is 1. The summed E-state index contributed by atoms with van der Waals surface area (Å²) < 4.78 is 19.7. The van der Waals surface area contributed by atoms with Gasteiger partial charge in [-0.05, 0) is 32.9 Å². The van der Waals surface area contributed by atoms with Crippen molar-refractivity contribution in [2.45, 2.75) is 32.4 Å². The van der Waals surface area contributed by atoms with Gasteiger partial charge in [0.15, 0.2) is 6.04 Å². The van der Waals surface area contributed by atoms with Crippen molar-refractivity contribution in [3.05, 3.63) is 56.9 Å². The van der Waals surface area contributed by atoms with Gasteiger partial charge < -0.3 is 29.2 Å². The fourth-order valence-corrected chi connectivity index (χ4v) is 3.54. The first-order valence-corrected chi connectivity index (χ1v) is 10.5. The van der Waals surface area contributed by atoms with Gasteiger partial charge in [0.05, 0.1) is 44.6 Å². The van der Waals surface area contributed by atoms with Crippen LogP contribution in [-0.4, -0.2) is 68.8 Å². The molecular formula is C23H27N3O10. The quantitative estimate of drug-likeness (QED) is 0.245. The molecule has 0 saturated carbocycles. The van der Waals surface area contributed by atoms with E-state index in [2.05, 4.69) is 5.32 Å². The number of nitro groups is 1. The van der Waals surface area contributed by atoms with Gasteiger partial charge in [0.25, 0.3) is 5.69 Å². The van der Waals surface area contributed by atoms with Crippen LogP contribution in [0.4, 0.5) is 11.4 Å². The molecule has 1 unspecified atom stereocenters. The summed E-state index contributed by atoms with van der Waals surface area (Å²) in [5, 5.41) is 14.2. The van der Waals surface area contributed by atoms with Gasteiger partial charge in [-0.3, -0.25) is 10.1 Å². The molecule has 0 bridgehead atoms. The number of anilines is 1. The first-order valence-electron chi connectivity index (χ1n) is 10.5. The van der Waals surface area contributed by atoms with Gasteiger partial charge >= 0.3 is 23.9 Å². The molecule has 1 aliphatic heterocycles. The maximum Gasteiger partial charge on any atom is 0.355 e. The van der Waals surface area contributed by atoms with E-state index >= 15 is 0 Å². The Morgan fingerprint density at radius 3 is 1.83 bits per heavy atom. The summed E-state index contributed by atoms with van der Waals surface area (Å²) >= 11 is 0. The van der Waals surface area contributed by atoms with Crippen LogP contribution in [0.3, 0.4) is 0 Å². The number of hydrogen-bond acceptors (Lipinski definition) is 12. The second kappa shape index (κ2) is 10.9. The standard InChI is InChI=1S/C23H27N3O10/c1-23(2,3)24-16-14(19(27)33-4)17(21(29)35-6)25(12-8-10-13(11-9-12)26(31)32)18(22(30)36-7)15(16)20(28)34-5/h8-11,17,24H,1-7H3. The molecule has 194 valence electrons. The minimum Gasteiger partial charge on any atom is -0.467 e. The van der Waals surface area contributed by atoms with Gasteiger partial charge in [-0.15, -0.1) is 0 Å². The first-order chi connectivity index (χ1) is 16.8. The fraction of sp³-hybridized carbons (Fsp3) is 0.391. The van der Waals surface area contributed by atoms with E-state index in [1.54, 1.807) is 20.8 Å². The lowest BCUT2D eigenvalue weighted by Crippen LogP contribution is -2.53. The number of non-ortho nitro benzene ring substituents is 1. The number of benzene rings is 1.